The van der Waals surface area contributed by atoms with Gasteiger partial charge in [0.1, 0.15) is 10.6 Å². The van der Waals surface area contributed by atoms with Gasteiger partial charge in [-0.3, -0.25) is 4.79 Å². The number of benzene rings is 1. The molecule has 1 amide bonds. The molecule has 0 aliphatic heterocycles. The largest absolute Gasteiger partial charge is 0.497 e. The van der Waals surface area contributed by atoms with E-state index < -0.39 is 5.97 Å². The third-order valence-electron chi connectivity index (χ3n) is 4.69. The maximum atomic E-state index is 12.4. The van der Waals surface area contributed by atoms with Gasteiger partial charge in [-0.05, 0) is 67.1 Å². The molecule has 0 unspecified atom stereocenters. The Morgan fingerprint density at radius 3 is 2.74 bits per heavy atom. The van der Waals surface area contributed by atoms with Crippen molar-refractivity contribution in [3.8, 4) is 16.2 Å². The van der Waals surface area contributed by atoms with Crippen LogP contribution in [-0.4, -0.2) is 31.6 Å². The molecular formula is C21H25NO4S. The lowest BCUT2D eigenvalue weighted by molar-refractivity contribution is -0.124. The average molecular weight is 388 g/mol. The summed E-state index contributed by atoms with van der Waals surface area (Å²) in [4.78, 5) is 25.9. The lowest BCUT2D eigenvalue weighted by Crippen LogP contribution is -2.35. The molecule has 1 aliphatic rings. The Kier molecular flexibility index (Phi) is 6.16. The van der Waals surface area contributed by atoms with Crippen LogP contribution in [0.25, 0.3) is 10.4 Å². The third kappa shape index (κ3) is 4.50. The zero-order chi connectivity index (χ0) is 19.4. The highest BCUT2D eigenvalue weighted by atomic mass is 32.1. The summed E-state index contributed by atoms with van der Waals surface area (Å²) in [6.45, 7) is 3.77. The summed E-state index contributed by atoms with van der Waals surface area (Å²) < 4.78 is 10.5. The van der Waals surface area contributed by atoms with Crippen LogP contribution in [0.4, 0.5) is 0 Å². The predicted molar refractivity (Wildman–Crippen MR) is 107 cm³/mol. The molecule has 1 aliphatic carbocycles. The van der Waals surface area contributed by atoms with E-state index in [1.165, 1.54) is 16.9 Å². The van der Waals surface area contributed by atoms with Crippen molar-refractivity contribution in [3.63, 3.8) is 0 Å². The minimum atomic E-state index is -0.442. The van der Waals surface area contributed by atoms with E-state index in [2.05, 4.69) is 18.3 Å². The van der Waals surface area contributed by atoms with Crippen LogP contribution in [-0.2, 0) is 22.4 Å². The van der Waals surface area contributed by atoms with Crippen LogP contribution in [0.15, 0.2) is 24.3 Å². The second kappa shape index (κ2) is 8.57. The lowest BCUT2D eigenvalue weighted by Gasteiger charge is -2.16. The Labute approximate surface area is 163 Å². The number of rotatable bonds is 7. The van der Waals surface area contributed by atoms with Crippen LogP contribution in [0.2, 0.25) is 0 Å². The molecule has 2 aromatic rings. The number of thiophene rings is 1. The molecule has 0 saturated heterocycles. The monoisotopic (exact) mass is 387 g/mol. The normalized spacial score (nSPS) is 13.3. The van der Waals surface area contributed by atoms with E-state index in [0.717, 1.165) is 47.4 Å². The van der Waals surface area contributed by atoms with E-state index in [1.54, 1.807) is 7.11 Å². The summed E-state index contributed by atoms with van der Waals surface area (Å²) in [6.07, 6.45) is 3.70. The van der Waals surface area contributed by atoms with Crippen LogP contribution in [0.3, 0.4) is 0 Å². The molecule has 1 aromatic heterocycles. The molecule has 0 bridgehead atoms. The maximum Gasteiger partial charge on any atom is 0.348 e. The SMILES string of the molecule is CCC[C@@H](C)NC(=O)COC(=O)c1cc2c(s1)-c1ccc(OC)cc1CC2. The van der Waals surface area contributed by atoms with Gasteiger partial charge in [0.2, 0.25) is 0 Å². The first-order valence-corrected chi connectivity index (χ1v) is 10.1. The number of methoxy groups -OCH3 is 1. The van der Waals surface area contributed by atoms with E-state index >= 15 is 0 Å². The van der Waals surface area contributed by atoms with Gasteiger partial charge in [0, 0.05) is 10.9 Å². The lowest BCUT2D eigenvalue weighted by atomic mass is 9.91. The van der Waals surface area contributed by atoms with Crippen molar-refractivity contribution in [1.82, 2.24) is 5.32 Å². The number of nitrogens with one attached hydrogen (secondary N) is 1. The minimum Gasteiger partial charge on any atom is -0.497 e. The molecule has 1 heterocycles. The number of ether oxygens (including phenoxy) is 2. The first kappa shape index (κ1) is 19.4. The molecule has 27 heavy (non-hydrogen) atoms. The molecule has 0 saturated carbocycles. The van der Waals surface area contributed by atoms with Crippen LogP contribution in [0.5, 0.6) is 5.75 Å². The third-order valence-corrected chi connectivity index (χ3v) is 5.88. The molecule has 0 fully saturated rings. The van der Waals surface area contributed by atoms with E-state index in [9.17, 15) is 9.59 Å². The van der Waals surface area contributed by atoms with Crippen molar-refractivity contribution >= 4 is 23.2 Å². The quantitative estimate of drug-likeness (QED) is 0.730. The molecular weight excluding hydrogens is 362 g/mol. The van der Waals surface area contributed by atoms with Crippen molar-refractivity contribution < 1.29 is 19.1 Å². The Morgan fingerprint density at radius 1 is 1.22 bits per heavy atom. The summed E-state index contributed by atoms with van der Waals surface area (Å²) >= 11 is 1.43. The number of carbonyl (C=O) groups is 2. The van der Waals surface area contributed by atoms with Gasteiger partial charge >= 0.3 is 5.97 Å². The van der Waals surface area contributed by atoms with E-state index in [0.29, 0.717) is 4.88 Å². The van der Waals surface area contributed by atoms with Gasteiger partial charge in [-0.25, -0.2) is 4.79 Å². The number of amides is 1. The van der Waals surface area contributed by atoms with Gasteiger partial charge in [0.25, 0.3) is 5.91 Å². The van der Waals surface area contributed by atoms with Gasteiger partial charge in [0.05, 0.1) is 7.11 Å². The van der Waals surface area contributed by atoms with Crippen LogP contribution in [0, 0.1) is 0 Å². The second-order valence-electron chi connectivity index (χ2n) is 6.82. The van der Waals surface area contributed by atoms with Crippen molar-refractivity contribution in [2.75, 3.05) is 13.7 Å². The molecule has 6 heteroatoms. The Morgan fingerprint density at radius 2 is 2.00 bits per heavy atom. The highest BCUT2D eigenvalue weighted by molar-refractivity contribution is 7.17. The summed E-state index contributed by atoms with van der Waals surface area (Å²) in [7, 11) is 1.66. The predicted octanol–water partition coefficient (Wildman–Crippen LogP) is 3.98. The number of hydrogen-bond acceptors (Lipinski definition) is 5. The Bertz CT molecular complexity index is 843. The fraction of sp³-hybridized carbons (Fsp3) is 0.429. The Balaban J connectivity index is 1.66. The molecule has 3 rings (SSSR count). The van der Waals surface area contributed by atoms with Gasteiger partial charge in [0.15, 0.2) is 6.61 Å². The maximum absolute atomic E-state index is 12.4. The smallest absolute Gasteiger partial charge is 0.348 e. The molecule has 1 N–H and O–H groups in total. The van der Waals surface area contributed by atoms with Crippen LogP contribution < -0.4 is 10.1 Å². The molecule has 1 aromatic carbocycles. The highest BCUT2D eigenvalue weighted by Crippen LogP contribution is 2.40. The summed E-state index contributed by atoms with van der Waals surface area (Å²) in [6, 6.07) is 8.02. The van der Waals surface area contributed by atoms with E-state index in [4.69, 9.17) is 9.47 Å². The zero-order valence-electron chi connectivity index (χ0n) is 16.0. The first-order valence-electron chi connectivity index (χ1n) is 9.28. The fourth-order valence-corrected chi connectivity index (χ4v) is 4.53. The molecule has 0 spiro atoms. The van der Waals surface area contributed by atoms with E-state index in [1.807, 2.05) is 25.1 Å². The average Bonchev–Trinajstić information content (AvgIpc) is 3.10. The molecule has 1 atom stereocenters. The van der Waals surface area contributed by atoms with Crippen molar-refractivity contribution in [2.45, 2.75) is 45.6 Å². The number of esters is 1. The number of carbonyl (C=O) groups excluding carboxylic acids is 2. The van der Waals surface area contributed by atoms with Crippen molar-refractivity contribution in [1.29, 1.82) is 0 Å². The van der Waals surface area contributed by atoms with E-state index in [-0.39, 0.29) is 18.6 Å². The Hall–Kier alpha value is -2.34. The standard InChI is InChI=1S/C21H25NO4S/c1-4-5-13(2)22-19(23)12-26-21(24)18-11-15-7-6-14-10-16(25-3)8-9-17(14)20(15)27-18/h8-11,13H,4-7,12H2,1-3H3,(H,22,23)/t13-/m1/s1. The summed E-state index contributed by atoms with van der Waals surface area (Å²) in [5.41, 5.74) is 3.53. The number of hydrogen-bond donors (Lipinski definition) is 1. The molecule has 144 valence electrons. The molecule has 5 nitrogen and oxygen atoms in total. The highest BCUT2D eigenvalue weighted by Gasteiger charge is 2.23. The van der Waals surface area contributed by atoms with Crippen LogP contribution >= 0.6 is 11.3 Å². The van der Waals surface area contributed by atoms with Gasteiger partial charge in [-0.15, -0.1) is 11.3 Å². The van der Waals surface area contributed by atoms with Gasteiger partial charge in [-0.2, -0.15) is 0 Å². The topological polar surface area (TPSA) is 64.6 Å². The zero-order valence-corrected chi connectivity index (χ0v) is 16.8. The minimum absolute atomic E-state index is 0.0868. The number of fused-ring (bicyclic) bond motifs is 3. The van der Waals surface area contributed by atoms with Crippen LogP contribution in [0.1, 0.15) is 47.5 Å². The fourth-order valence-electron chi connectivity index (χ4n) is 3.36. The van der Waals surface area contributed by atoms with Crippen molar-refractivity contribution in [3.05, 3.63) is 40.3 Å². The summed E-state index contributed by atoms with van der Waals surface area (Å²) in [5, 5.41) is 2.84. The number of aryl methyl sites for hydroxylation is 2. The van der Waals surface area contributed by atoms with Gasteiger partial charge in [-0.1, -0.05) is 13.3 Å². The summed E-state index contributed by atoms with van der Waals surface area (Å²) in [5.74, 6) is 0.141. The molecule has 0 radical (unpaired) electrons. The van der Waals surface area contributed by atoms with Crippen molar-refractivity contribution in [2.24, 2.45) is 0 Å². The first-order chi connectivity index (χ1) is 13.0. The second-order valence-corrected chi connectivity index (χ2v) is 7.87. The van der Waals surface area contributed by atoms with Gasteiger partial charge < -0.3 is 14.8 Å².